The Labute approximate surface area is 66.2 Å². The Hall–Kier alpha value is -0.870. The summed E-state index contributed by atoms with van der Waals surface area (Å²) in [4.78, 5) is 0. The van der Waals surface area contributed by atoms with E-state index in [0.29, 0.717) is 12.6 Å². The molecule has 0 fully saturated rings. The molecule has 62 valence electrons. The summed E-state index contributed by atoms with van der Waals surface area (Å²) < 4.78 is 0. The molecule has 1 atom stereocenters. The summed E-state index contributed by atoms with van der Waals surface area (Å²) in [6, 6.07) is 0.366. The van der Waals surface area contributed by atoms with Gasteiger partial charge in [0.2, 0.25) is 0 Å². The molecule has 0 aliphatic heterocycles. The van der Waals surface area contributed by atoms with Crippen LogP contribution in [0.15, 0.2) is 12.4 Å². The maximum atomic E-state index is 5.43. The Kier molecular flexibility index (Phi) is 3.07. The van der Waals surface area contributed by atoms with Crippen molar-refractivity contribution in [2.75, 3.05) is 6.54 Å². The number of nitrogens with zero attached hydrogens (tertiary/aromatic N) is 1. The van der Waals surface area contributed by atoms with E-state index in [0.717, 1.165) is 12.1 Å². The Bertz CT molecular complexity index is 182. The quantitative estimate of drug-likeness (QED) is 0.565. The van der Waals surface area contributed by atoms with Crippen LogP contribution >= 0.6 is 0 Å². The minimum Gasteiger partial charge on any atom is -0.329 e. The topological polar surface area (TPSA) is 66.7 Å². The van der Waals surface area contributed by atoms with Crippen molar-refractivity contribution in [2.24, 2.45) is 5.73 Å². The van der Waals surface area contributed by atoms with Crippen LogP contribution in [0.3, 0.4) is 0 Å². The van der Waals surface area contributed by atoms with Crippen molar-refractivity contribution in [3.63, 3.8) is 0 Å². The lowest BCUT2D eigenvalue weighted by Gasteiger charge is -2.08. The molecule has 0 spiro atoms. The summed E-state index contributed by atoms with van der Waals surface area (Å²) >= 11 is 0. The van der Waals surface area contributed by atoms with E-state index in [1.54, 1.807) is 6.20 Å². The molecular weight excluding hydrogens is 140 g/mol. The second-order valence-corrected chi connectivity index (χ2v) is 2.62. The van der Waals surface area contributed by atoms with E-state index in [1.807, 2.05) is 6.20 Å². The van der Waals surface area contributed by atoms with Crippen LogP contribution in [0.1, 0.15) is 12.5 Å². The van der Waals surface area contributed by atoms with E-state index in [2.05, 4.69) is 22.4 Å². The first-order valence-corrected chi connectivity index (χ1v) is 3.74. The molecule has 0 saturated heterocycles. The fraction of sp³-hybridized carbons (Fsp3) is 0.571. The summed E-state index contributed by atoms with van der Waals surface area (Å²) in [5, 5.41) is 9.83. The first-order valence-electron chi connectivity index (χ1n) is 3.74. The molecule has 0 aliphatic carbocycles. The molecule has 1 aromatic rings. The third-order valence-electron chi connectivity index (χ3n) is 1.56. The molecule has 4 heteroatoms. The zero-order valence-electron chi connectivity index (χ0n) is 6.67. The fourth-order valence-electron chi connectivity index (χ4n) is 0.750. The van der Waals surface area contributed by atoms with Crippen LogP contribution in [0.2, 0.25) is 0 Å². The summed E-state index contributed by atoms with van der Waals surface area (Å²) in [5.74, 6) is 0. The van der Waals surface area contributed by atoms with Crippen molar-refractivity contribution < 1.29 is 0 Å². The van der Waals surface area contributed by atoms with E-state index in [1.165, 1.54) is 0 Å². The predicted molar refractivity (Wildman–Crippen MR) is 43.9 cm³/mol. The zero-order valence-corrected chi connectivity index (χ0v) is 6.67. The Morgan fingerprint density at radius 2 is 2.64 bits per heavy atom. The molecule has 1 rings (SSSR count). The van der Waals surface area contributed by atoms with Crippen LogP contribution in [0.4, 0.5) is 0 Å². The largest absolute Gasteiger partial charge is 0.329 e. The van der Waals surface area contributed by atoms with Gasteiger partial charge in [-0.1, -0.05) is 0 Å². The lowest BCUT2D eigenvalue weighted by atomic mass is 10.3. The van der Waals surface area contributed by atoms with Gasteiger partial charge in [-0.15, -0.1) is 0 Å². The van der Waals surface area contributed by atoms with Crippen LogP contribution in [0.25, 0.3) is 0 Å². The molecule has 4 N–H and O–H groups in total. The van der Waals surface area contributed by atoms with E-state index >= 15 is 0 Å². The van der Waals surface area contributed by atoms with Crippen molar-refractivity contribution >= 4 is 0 Å². The van der Waals surface area contributed by atoms with Gasteiger partial charge in [-0.3, -0.25) is 5.10 Å². The molecule has 0 amide bonds. The normalized spacial score (nSPS) is 13.3. The average Bonchev–Trinajstić information content (AvgIpc) is 2.52. The van der Waals surface area contributed by atoms with E-state index in [4.69, 9.17) is 5.73 Å². The van der Waals surface area contributed by atoms with Gasteiger partial charge >= 0.3 is 0 Å². The van der Waals surface area contributed by atoms with Gasteiger partial charge in [0.15, 0.2) is 0 Å². The number of rotatable bonds is 4. The Morgan fingerprint density at radius 1 is 1.82 bits per heavy atom. The number of aromatic nitrogens is 2. The van der Waals surface area contributed by atoms with E-state index in [9.17, 15) is 0 Å². The van der Waals surface area contributed by atoms with Crippen LogP contribution in [-0.4, -0.2) is 22.8 Å². The van der Waals surface area contributed by atoms with Crippen LogP contribution in [0.5, 0.6) is 0 Å². The van der Waals surface area contributed by atoms with Crippen molar-refractivity contribution in [3.8, 4) is 0 Å². The minimum atomic E-state index is 0.366. The summed E-state index contributed by atoms with van der Waals surface area (Å²) in [6.07, 6.45) is 3.67. The van der Waals surface area contributed by atoms with Crippen molar-refractivity contribution in [3.05, 3.63) is 18.0 Å². The minimum absolute atomic E-state index is 0.366. The molecule has 11 heavy (non-hydrogen) atoms. The maximum Gasteiger partial charge on any atom is 0.0532 e. The second-order valence-electron chi connectivity index (χ2n) is 2.62. The van der Waals surface area contributed by atoms with Gasteiger partial charge in [0.1, 0.15) is 0 Å². The molecule has 0 aliphatic rings. The lowest BCUT2D eigenvalue weighted by Crippen LogP contribution is -2.32. The van der Waals surface area contributed by atoms with E-state index < -0.39 is 0 Å². The summed E-state index contributed by atoms with van der Waals surface area (Å²) in [6.45, 7) is 3.55. The molecule has 1 aromatic heterocycles. The Morgan fingerprint density at radius 3 is 3.18 bits per heavy atom. The average molecular weight is 154 g/mol. The molecule has 0 bridgehead atoms. The SMILES string of the molecule is C[C@H](CN)NCc1cn[nH]c1. The van der Waals surface area contributed by atoms with Gasteiger partial charge in [-0.2, -0.15) is 5.10 Å². The number of nitrogens with two attached hydrogens (primary N) is 1. The highest BCUT2D eigenvalue weighted by atomic mass is 15.1. The first kappa shape index (κ1) is 8.23. The van der Waals surface area contributed by atoms with Crippen LogP contribution in [-0.2, 0) is 6.54 Å². The molecule has 0 unspecified atom stereocenters. The van der Waals surface area contributed by atoms with Gasteiger partial charge < -0.3 is 11.1 Å². The molecule has 4 nitrogen and oxygen atoms in total. The second kappa shape index (κ2) is 4.10. The smallest absolute Gasteiger partial charge is 0.0532 e. The number of hydrogen-bond acceptors (Lipinski definition) is 3. The van der Waals surface area contributed by atoms with Crippen molar-refractivity contribution in [1.82, 2.24) is 15.5 Å². The third kappa shape index (κ3) is 2.69. The van der Waals surface area contributed by atoms with Gasteiger partial charge in [0, 0.05) is 30.9 Å². The number of aromatic amines is 1. The monoisotopic (exact) mass is 154 g/mol. The first-order chi connectivity index (χ1) is 5.33. The molecule has 0 saturated carbocycles. The summed E-state index contributed by atoms with van der Waals surface area (Å²) in [5.41, 5.74) is 6.58. The summed E-state index contributed by atoms with van der Waals surface area (Å²) in [7, 11) is 0. The fourth-order valence-corrected chi connectivity index (χ4v) is 0.750. The highest BCUT2D eigenvalue weighted by molar-refractivity contribution is 5.01. The third-order valence-corrected chi connectivity index (χ3v) is 1.56. The Balaban J connectivity index is 2.23. The van der Waals surface area contributed by atoms with Gasteiger partial charge in [0.05, 0.1) is 6.20 Å². The lowest BCUT2D eigenvalue weighted by molar-refractivity contribution is 0.556. The van der Waals surface area contributed by atoms with Gasteiger partial charge in [-0.05, 0) is 6.92 Å². The van der Waals surface area contributed by atoms with Gasteiger partial charge in [0.25, 0.3) is 0 Å². The zero-order chi connectivity index (χ0) is 8.10. The maximum absolute atomic E-state index is 5.43. The molecule has 1 heterocycles. The number of hydrogen-bond donors (Lipinski definition) is 3. The number of nitrogens with one attached hydrogen (secondary N) is 2. The van der Waals surface area contributed by atoms with E-state index in [-0.39, 0.29) is 0 Å². The van der Waals surface area contributed by atoms with Crippen LogP contribution in [0, 0.1) is 0 Å². The van der Waals surface area contributed by atoms with Gasteiger partial charge in [-0.25, -0.2) is 0 Å². The molecule has 0 aromatic carbocycles. The molecular formula is C7H14N4. The molecule has 0 radical (unpaired) electrons. The van der Waals surface area contributed by atoms with Crippen molar-refractivity contribution in [1.29, 1.82) is 0 Å². The highest BCUT2D eigenvalue weighted by Crippen LogP contribution is 1.92. The standard InChI is InChI=1S/C7H14N4/c1-6(2-8)9-3-7-4-10-11-5-7/h4-6,9H,2-3,8H2,1H3,(H,10,11)/t6-/m1/s1. The van der Waals surface area contributed by atoms with Crippen LogP contribution < -0.4 is 11.1 Å². The number of H-pyrrole nitrogens is 1. The highest BCUT2D eigenvalue weighted by Gasteiger charge is 1.97. The van der Waals surface area contributed by atoms with Crippen molar-refractivity contribution in [2.45, 2.75) is 19.5 Å². The predicted octanol–water partition coefficient (Wildman–Crippen LogP) is -0.153.